The largest absolute Gasteiger partial charge is 0.481 e. The quantitative estimate of drug-likeness (QED) is 0.552. The first kappa shape index (κ1) is 9.99. The third-order valence-electron chi connectivity index (χ3n) is 1.66. The van der Waals surface area contributed by atoms with Gasteiger partial charge >= 0.3 is 5.97 Å². The van der Waals surface area contributed by atoms with Gasteiger partial charge < -0.3 is 5.11 Å². The van der Waals surface area contributed by atoms with Crippen molar-refractivity contribution in [1.82, 2.24) is 0 Å². The van der Waals surface area contributed by atoms with Crippen molar-refractivity contribution in [3.8, 4) is 0 Å². The van der Waals surface area contributed by atoms with Crippen LogP contribution in [0, 0.1) is 0 Å². The molecule has 1 aliphatic heterocycles. The standard InChI is InChI=1S/C8H12O2S2/c9-8(10)4-2-1-3-7-5-6-11-12-7/h5-7H,1-4H2,(H,9,10)/t7-/m0/s1. The summed E-state index contributed by atoms with van der Waals surface area (Å²) in [5, 5.41) is 11.1. The first-order valence-corrected chi connectivity index (χ1v) is 6.27. The third-order valence-corrected chi connectivity index (χ3v) is 4.08. The molecular weight excluding hydrogens is 192 g/mol. The molecule has 12 heavy (non-hydrogen) atoms. The average molecular weight is 204 g/mol. The fourth-order valence-electron chi connectivity index (χ4n) is 1.02. The minimum absolute atomic E-state index is 0.314. The van der Waals surface area contributed by atoms with Crippen LogP contribution in [-0.4, -0.2) is 16.3 Å². The van der Waals surface area contributed by atoms with Gasteiger partial charge in [0.1, 0.15) is 0 Å². The number of carboxylic acid groups (broad SMARTS) is 1. The molecule has 1 aliphatic rings. The molecule has 0 fully saturated rings. The molecule has 0 radical (unpaired) electrons. The van der Waals surface area contributed by atoms with Gasteiger partial charge in [0.05, 0.1) is 0 Å². The first-order valence-electron chi connectivity index (χ1n) is 3.99. The summed E-state index contributed by atoms with van der Waals surface area (Å²) in [6.45, 7) is 0. The van der Waals surface area contributed by atoms with E-state index in [1.54, 1.807) is 10.8 Å². The second kappa shape index (κ2) is 5.54. The molecule has 0 saturated heterocycles. The van der Waals surface area contributed by atoms with E-state index in [1.807, 2.05) is 10.8 Å². The van der Waals surface area contributed by atoms with E-state index in [1.165, 1.54) is 0 Å². The molecule has 0 aromatic heterocycles. The lowest BCUT2D eigenvalue weighted by molar-refractivity contribution is -0.137. The molecule has 0 bridgehead atoms. The maximum absolute atomic E-state index is 10.2. The van der Waals surface area contributed by atoms with Crippen LogP contribution in [0.5, 0.6) is 0 Å². The molecule has 0 aromatic rings. The van der Waals surface area contributed by atoms with Crippen molar-refractivity contribution in [1.29, 1.82) is 0 Å². The Morgan fingerprint density at radius 1 is 1.50 bits per heavy atom. The maximum atomic E-state index is 10.2. The average Bonchev–Trinajstić information content (AvgIpc) is 2.49. The van der Waals surface area contributed by atoms with Crippen LogP contribution in [-0.2, 0) is 4.79 Å². The Kier molecular flexibility index (Phi) is 4.61. The van der Waals surface area contributed by atoms with E-state index in [2.05, 4.69) is 11.5 Å². The minimum atomic E-state index is -0.681. The lowest BCUT2D eigenvalue weighted by Gasteiger charge is -2.03. The van der Waals surface area contributed by atoms with Gasteiger partial charge in [-0.2, -0.15) is 0 Å². The van der Waals surface area contributed by atoms with Crippen molar-refractivity contribution in [2.75, 3.05) is 0 Å². The fraction of sp³-hybridized carbons (Fsp3) is 0.625. The van der Waals surface area contributed by atoms with Gasteiger partial charge in [-0.1, -0.05) is 34.1 Å². The normalized spacial score (nSPS) is 21.5. The first-order chi connectivity index (χ1) is 5.79. The van der Waals surface area contributed by atoms with Crippen molar-refractivity contribution < 1.29 is 9.90 Å². The van der Waals surface area contributed by atoms with Crippen molar-refractivity contribution in [2.45, 2.75) is 30.9 Å². The van der Waals surface area contributed by atoms with E-state index in [4.69, 9.17) is 5.11 Å². The Bertz CT molecular complexity index is 180. The van der Waals surface area contributed by atoms with Crippen LogP contribution in [0.25, 0.3) is 0 Å². The van der Waals surface area contributed by atoms with Crippen LogP contribution in [0.1, 0.15) is 25.7 Å². The van der Waals surface area contributed by atoms with Crippen LogP contribution in [0.4, 0.5) is 0 Å². The second-order valence-corrected chi connectivity index (χ2v) is 5.12. The van der Waals surface area contributed by atoms with E-state index in [0.29, 0.717) is 11.7 Å². The zero-order chi connectivity index (χ0) is 8.81. The van der Waals surface area contributed by atoms with Gasteiger partial charge in [-0.25, -0.2) is 0 Å². The lowest BCUT2D eigenvalue weighted by Crippen LogP contribution is -1.97. The molecule has 0 aliphatic carbocycles. The molecule has 1 heterocycles. The van der Waals surface area contributed by atoms with Crippen LogP contribution in [0.3, 0.4) is 0 Å². The summed E-state index contributed by atoms with van der Waals surface area (Å²) in [6.07, 6.45) is 5.45. The molecule has 0 amide bonds. The Morgan fingerprint density at radius 2 is 2.33 bits per heavy atom. The van der Waals surface area contributed by atoms with Gasteiger partial charge in [0, 0.05) is 11.7 Å². The van der Waals surface area contributed by atoms with Crippen LogP contribution < -0.4 is 0 Å². The summed E-state index contributed by atoms with van der Waals surface area (Å²) >= 11 is 0. The minimum Gasteiger partial charge on any atom is -0.481 e. The summed E-state index contributed by atoms with van der Waals surface area (Å²) in [5.74, 6) is -0.681. The third kappa shape index (κ3) is 4.07. The summed E-state index contributed by atoms with van der Waals surface area (Å²) in [4.78, 5) is 10.2. The van der Waals surface area contributed by atoms with Gasteiger partial charge in [-0.3, -0.25) is 4.79 Å². The Balaban J connectivity index is 1.95. The van der Waals surface area contributed by atoms with Crippen LogP contribution in [0.15, 0.2) is 11.5 Å². The molecular formula is C8H12O2S2. The molecule has 68 valence electrons. The van der Waals surface area contributed by atoms with Gasteiger partial charge in [-0.15, -0.1) is 0 Å². The number of rotatable bonds is 5. The molecule has 0 saturated carbocycles. The van der Waals surface area contributed by atoms with Crippen molar-refractivity contribution in [2.24, 2.45) is 0 Å². The summed E-state index contributed by atoms with van der Waals surface area (Å²) in [5.41, 5.74) is 0. The highest BCUT2D eigenvalue weighted by Gasteiger charge is 2.09. The van der Waals surface area contributed by atoms with E-state index >= 15 is 0 Å². The maximum Gasteiger partial charge on any atom is 0.303 e. The van der Waals surface area contributed by atoms with Gasteiger partial charge in [0.25, 0.3) is 0 Å². The summed E-state index contributed by atoms with van der Waals surface area (Å²) < 4.78 is 0. The van der Waals surface area contributed by atoms with Crippen molar-refractivity contribution >= 4 is 27.6 Å². The second-order valence-electron chi connectivity index (χ2n) is 2.70. The molecule has 4 heteroatoms. The molecule has 0 aromatic carbocycles. The van der Waals surface area contributed by atoms with E-state index < -0.39 is 5.97 Å². The highest BCUT2D eigenvalue weighted by atomic mass is 33.1. The summed E-state index contributed by atoms with van der Waals surface area (Å²) in [7, 11) is 3.63. The highest BCUT2D eigenvalue weighted by Crippen LogP contribution is 2.37. The van der Waals surface area contributed by atoms with Crippen molar-refractivity contribution in [3.05, 3.63) is 11.5 Å². The number of hydrogen-bond acceptors (Lipinski definition) is 3. The molecule has 2 nitrogen and oxygen atoms in total. The van der Waals surface area contributed by atoms with E-state index in [-0.39, 0.29) is 0 Å². The van der Waals surface area contributed by atoms with Crippen LogP contribution >= 0.6 is 21.6 Å². The number of hydrogen-bond donors (Lipinski definition) is 1. The van der Waals surface area contributed by atoms with Gasteiger partial charge in [0.2, 0.25) is 0 Å². The SMILES string of the molecule is O=C(O)CCCC[C@H]1C=CSS1. The monoisotopic (exact) mass is 204 g/mol. The molecule has 0 spiro atoms. The summed E-state index contributed by atoms with van der Waals surface area (Å²) in [6, 6.07) is 0. The van der Waals surface area contributed by atoms with Gasteiger partial charge in [-0.05, 0) is 18.2 Å². The smallest absolute Gasteiger partial charge is 0.303 e. The van der Waals surface area contributed by atoms with Crippen molar-refractivity contribution in [3.63, 3.8) is 0 Å². The van der Waals surface area contributed by atoms with E-state index in [0.717, 1.165) is 19.3 Å². The molecule has 1 rings (SSSR count). The van der Waals surface area contributed by atoms with E-state index in [9.17, 15) is 4.79 Å². The number of carboxylic acids is 1. The zero-order valence-electron chi connectivity index (χ0n) is 6.73. The Hall–Kier alpha value is -0.0900. The number of unbranched alkanes of at least 4 members (excludes halogenated alkanes) is 1. The number of carbonyl (C=O) groups is 1. The topological polar surface area (TPSA) is 37.3 Å². The molecule has 0 unspecified atom stereocenters. The zero-order valence-corrected chi connectivity index (χ0v) is 8.37. The number of aliphatic carboxylic acids is 1. The predicted molar refractivity (Wildman–Crippen MR) is 54.2 cm³/mol. The fourth-order valence-corrected chi connectivity index (χ4v) is 3.28. The lowest BCUT2D eigenvalue weighted by atomic mass is 10.1. The predicted octanol–water partition coefficient (Wildman–Crippen LogP) is 2.91. The van der Waals surface area contributed by atoms with Crippen LogP contribution in [0.2, 0.25) is 0 Å². The Labute approximate surface area is 80.2 Å². The molecule has 1 atom stereocenters. The Morgan fingerprint density at radius 3 is 2.92 bits per heavy atom. The highest BCUT2D eigenvalue weighted by molar-refractivity contribution is 8.78. The molecule has 1 N–H and O–H groups in total. The van der Waals surface area contributed by atoms with Gasteiger partial charge in [0.15, 0.2) is 0 Å².